The first-order chi connectivity index (χ1) is 9.63. The van der Waals surface area contributed by atoms with Crippen molar-refractivity contribution in [1.29, 1.82) is 5.26 Å². The van der Waals surface area contributed by atoms with E-state index in [-0.39, 0.29) is 23.1 Å². The molecular formula is C13H10N4O3. The van der Waals surface area contributed by atoms with Gasteiger partial charge in [-0.1, -0.05) is 13.0 Å². The van der Waals surface area contributed by atoms with Crippen molar-refractivity contribution in [1.82, 2.24) is 9.97 Å². The summed E-state index contributed by atoms with van der Waals surface area (Å²) in [6.45, 7) is 1.90. The van der Waals surface area contributed by atoms with Crippen LogP contribution < -0.4 is 4.74 Å². The van der Waals surface area contributed by atoms with Crippen LogP contribution in [0.5, 0.6) is 11.8 Å². The second-order valence-corrected chi connectivity index (χ2v) is 3.85. The lowest BCUT2D eigenvalue weighted by Gasteiger charge is -2.05. The summed E-state index contributed by atoms with van der Waals surface area (Å²) in [5.41, 5.74) is 0.800. The number of hydrogen-bond acceptors (Lipinski definition) is 6. The maximum atomic E-state index is 11.0. The average molecular weight is 270 g/mol. The number of nitro groups is 1. The third kappa shape index (κ3) is 2.87. The van der Waals surface area contributed by atoms with Gasteiger partial charge >= 0.3 is 11.7 Å². The van der Waals surface area contributed by atoms with E-state index >= 15 is 0 Å². The Bertz CT molecular complexity index is 694. The van der Waals surface area contributed by atoms with Crippen LogP contribution in [0.25, 0.3) is 0 Å². The molecule has 0 spiro atoms. The Hall–Kier alpha value is -3.01. The van der Waals surface area contributed by atoms with Gasteiger partial charge in [0.25, 0.3) is 0 Å². The molecule has 100 valence electrons. The van der Waals surface area contributed by atoms with Crippen LogP contribution in [-0.4, -0.2) is 14.9 Å². The van der Waals surface area contributed by atoms with E-state index in [4.69, 9.17) is 10.00 Å². The van der Waals surface area contributed by atoms with E-state index in [0.29, 0.717) is 6.42 Å². The first-order valence-electron chi connectivity index (χ1n) is 5.82. The summed E-state index contributed by atoms with van der Waals surface area (Å²) in [5, 5.41) is 19.8. The van der Waals surface area contributed by atoms with Crippen molar-refractivity contribution < 1.29 is 9.66 Å². The van der Waals surface area contributed by atoms with E-state index in [0.717, 1.165) is 5.56 Å². The molecule has 20 heavy (non-hydrogen) atoms. The molecular weight excluding hydrogens is 260 g/mol. The minimum atomic E-state index is -0.525. The quantitative estimate of drug-likeness (QED) is 0.625. The lowest BCUT2D eigenvalue weighted by Crippen LogP contribution is -1.98. The molecule has 0 aliphatic rings. The molecule has 0 aliphatic heterocycles. The standard InChI is InChI=1S/C13H10N4O3/c1-2-9-3-4-12(11(7-9)17(18)19)20-13-15-6-5-10(8-14)16-13/h3-7H,2H2,1H3. The van der Waals surface area contributed by atoms with E-state index < -0.39 is 4.92 Å². The summed E-state index contributed by atoms with van der Waals surface area (Å²) < 4.78 is 5.30. The van der Waals surface area contributed by atoms with Crippen molar-refractivity contribution in [2.75, 3.05) is 0 Å². The van der Waals surface area contributed by atoms with Gasteiger partial charge in [0, 0.05) is 12.3 Å². The fraction of sp³-hybridized carbons (Fsp3) is 0.154. The normalized spacial score (nSPS) is 9.80. The Kier molecular flexibility index (Phi) is 3.86. The van der Waals surface area contributed by atoms with Gasteiger partial charge in [0.2, 0.25) is 5.75 Å². The molecule has 0 unspecified atom stereocenters. The topological polar surface area (TPSA) is 102 Å². The molecule has 0 saturated carbocycles. The molecule has 0 saturated heterocycles. The number of hydrogen-bond donors (Lipinski definition) is 0. The Labute approximate surface area is 114 Å². The lowest BCUT2D eigenvalue weighted by atomic mass is 10.1. The van der Waals surface area contributed by atoms with Crippen molar-refractivity contribution in [2.45, 2.75) is 13.3 Å². The van der Waals surface area contributed by atoms with Crippen LogP contribution in [0.15, 0.2) is 30.5 Å². The maximum absolute atomic E-state index is 11.0. The van der Waals surface area contributed by atoms with E-state index in [9.17, 15) is 10.1 Å². The number of nitriles is 1. The number of aryl methyl sites for hydroxylation is 1. The molecule has 0 radical (unpaired) electrons. The van der Waals surface area contributed by atoms with Crippen LogP contribution in [-0.2, 0) is 6.42 Å². The van der Waals surface area contributed by atoms with Crippen LogP contribution in [0.2, 0.25) is 0 Å². The van der Waals surface area contributed by atoms with Gasteiger partial charge in [0.15, 0.2) is 0 Å². The highest BCUT2D eigenvalue weighted by molar-refractivity contribution is 5.49. The highest BCUT2D eigenvalue weighted by Gasteiger charge is 2.17. The van der Waals surface area contributed by atoms with E-state index in [1.54, 1.807) is 6.07 Å². The Morgan fingerprint density at radius 2 is 2.25 bits per heavy atom. The minimum absolute atomic E-state index is 0.0438. The summed E-state index contributed by atoms with van der Waals surface area (Å²) in [6.07, 6.45) is 2.04. The van der Waals surface area contributed by atoms with Crippen molar-refractivity contribution in [2.24, 2.45) is 0 Å². The molecule has 0 aliphatic carbocycles. The summed E-state index contributed by atoms with van der Waals surface area (Å²) in [7, 11) is 0. The van der Waals surface area contributed by atoms with Gasteiger partial charge < -0.3 is 4.74 Å². The van der Waals surface area contributed by atoms with Gasteiger partial charge in [-0.05, 0) is 24.1 Å². The van der Waals surface area contributed by atoms with Gasteiger partial charge in [-0.15, -0.1) is 0 Å². The molecule has 0 N–H and O–H groups in total. The zero-order valence-electron chi connectivity index (χ0n) is 10.6. The summed E-state index contributed by atoms with van der Waals surface area (Å²) in [5.74, 6) is 0.0438. The summed E-state index contributed by atoms with van der Waals surface area (Å²) >= 11 is 0. The van der Waals surface area contributed by atoms with Crippen LogP contribution in [0.4, 0.5) is 5.69 Å². The van der Waals surface area contributed by atoms with E-state index in [1.165, 1.54) is 24.4 Å². The van der Waals surface area contributed by atoms with Crippen LogP contribution in [0.1, 0.15) is 18.2 Å². The van der Waals surface area contributed by atoms with E-state index in [1.807, 2.05) is 13.0 Å². The highest BCUT2D eigenvalue weighted by Crippen LogP contribution is 2.30. The molecule has 0 atom stereocenters. The highest BCUT2D eigenvalue weighted by atomic mass is 16.6. The summed E-state index contributed by atoms with van der Waals surface area (Å²) in [4.78, 5) is 18.1. The molecule has 7 nitrogen and oxygen atoms in total. The molecule has 7 heteroatoms. The Morgan fingerprint density at radius 3 is 2.90 bits per heavy atom. The minimum Gasteiger partial charge on any atom is -0.417 e. The van der Waals surface area contributed by atoms with Gasteiger partial charge in [0.05, 0.1) is 4.92 Å². The zero-order chi connectivity index (χ0) is 14.5. The molecule has 0 amide bonds. The van der Waals surface area contributed by atoms with Gasteiger partial charge in [-0.2, -0.15) is 10.2 Å². The lowest BCUT2D eigenvalue weighted by molar-refractivity contribution is -0.385. The molecule has 2 aromatic rings. The maximum Gasteiger partial charge on any atom is 0.323 e. The second kappa shape index (κ2) is 5.75. The van der Waals surface area contributed by atoms with Gasteiger partial charge in [0.1, 0.15) is 11.8 Å². The number of aromatic nitrogens is 2. The third-order valence-corrected chi connectivity index (χ3v) is 2.58. The first kappa shape index (κ1) is 13.4. The summed E-state index contributed by atoms with van der Waals surface area (Å²) in [6, 6.07) is 7.84. The molecule has 0 bridgehead atoms. The molecule has 0 fully saturated rings. The first-order valence-corrected chi connectivity index (χ1v) is 5.82. The van der Waals surface area contributed by atoms with Gasteiger partial charge in [-0.25, -0.2) is 4.98 Å². The van der Waals surface area contributed by atoms with Crippen molar-refractivity contribution in [3.63, 3.8) is 0 Å². The SMILES string of the molecule is CCc1ccc(Oc2nccc(C#N)n2)c([N+](=O)[O-])c1. The van der Waals surface area contributed by atoms with Crippen LogP contribution in [0.3, 0.4) is 0 Å². The molecule has 1 heterocycles. The van der Waals surface area contributed by atoms with E-state index in [2.05, 4.69) is 9.97 Å². The number of nitrogens with zero attached hydrogens (tertiary/aromatic N) is 4. The monoisotopic (exact) mass is 270 g/mol. The third-order valence-electron chi connectivity index (χ3n) is 2.58. The van der Waals surface area contributed by atoms with Crippen molar-refractivity contribution in [3.05, 3.63) is 51.8 Å². The smallest absolute Gasteiger partial charge is 0.323 e. The zero-order valence-corrected chi connectivity index (χ0v) is 10.6. The Balaban J connectivity index is 2.37. The number of nitro benzene ring substituents is 1. The second-order valence-electron chi connectivity index (χ2n) is 3.85. The number of rotatable bonds is 4. The fourth-order valence-electron chi connectivity index (χ4n) is 1.56. The molecule has 2 rings (SSSR count). The van der Waals surface area contributed by atoms with Crippen LogP contribution in [0, 0.1) is 21.4 Å². The average Bonchev–Trinajstić information content (AvgIpc) is 2.47. The van der Waals surface area contributed by atoms with Gasteiger partial charge in [-0.3, -0.25) is 10.1 Å². The van der Waals surface area contributed by atoms with Crippen LogP contribution >= 0.6 is 0 Å². The van der Waals surface area contributed by atoms with Crippen molar-refractivity contribution in [3.8, 4) is 17.8 Å². The van der Waals surface area contributed by atoms with Crippen molar-refractivity contribution >= 4 is 5.69 Å². The molecule has 1 aromatic heterocycles. The number of ether oxygens (including phenoxy) is 1. The fourth-order valence-corrected chi connectivity index (χ4v) is 1.56. The number of benzene rings is 1. The Morgan fingerprint density at radius 1 is 1.45 bits per heavy atom. The predicted octanol–water partition coefficient (Wildman–Crippen LogP) is 2.61. The molecule has 1 aromatic carbocycles. The predicted molar refractivity (Wildman–Crippen MR) is 69.3 cm³/mol. The largest absolute Gasteiger partial charge is 0.417 e.